The highest BCUT2D eigenvalue weighted by Gasteiger charge is 2.31. The standard InChI is InChI=1S/C25H30O3/c26-17-16-23(21-12-6-2-7-13-21)18-24(22-14-8-3-9-15-22)25(27)28-19-20-10-4-1-5-11-20/h1,3-5,8-11,14-15,17,21,23-24H,2,6-7,12-13,16,18-19H2. The normalized spacial score (nSPS) is 16.9. The fraction of sp³-hybridized carbons (Fsp3) is 0.440. The maximum Gasteiger partial charge on any atom is 0.313 e. The van der Waals surface area contributed by atoms with Crippen LogP contribution in [0.5, 0.6) is 0 Å². The van der Waals surface area contributed by atoms with Crippen LogP contribution in [0.4, 0.5) is 0 Å². The highest BCUT2D eigenvalue weighted by Crippen LogP contribution is 2.37. The summed E-state index contributed by atoms with van der Waals surface area (Å²) >= 11 is 0. The number of ether oxygens (including phenoxy) is 1. The number of benzene rings is 2. The summed E-state index contributed by atoms with van der Waals surface area (Å²) < 4.78 is 5.68. The molecule has 2 unspecified atom stereocenters. The van der Waals surface area contributed by atoms with Crippen molar-refractivity contribution in [3.63, 3.8) is 0 Å². The second kappa shape index (κ2) is 10.8. The summed E-state index contributed by atoms with van der Waals surface area (Å²) in [6, 6.07) is 19.6. The zero-order valence-electron chi connectivity index (χ0n) is 16.5. The van der Waals surface area contributed by atoms with E-state index < -0.39 is 0 Å². The molecule has 0 amide bonds. The van der Waals surface area contributed by atoms with Gasteiger partial charge >= 0.3 is 5.97 Å². The van der Waals surface area contributed by atoms with Crippen molar-refractivity contribution in [3.05, 3.63) is 71.8 Å². The molecular weight excluding hydrogens is 348 g/mol. The van der Waals surface area contributed by atoms with Gasteiger partial charge in [0.15, 0.2) is 0 Å². The first-order valence-electron chi connectivity index (χ1n) is 10.5. The van der Waals surface area contributed by atoms with Crippen LogP contribution >= 0.6 is 0 Å². The maximum absolute atomic E-state index is 13.0. The second-order valence-electron chi connectivity index (χ2n) is 7.85. The van der Waals surface area contributed by atoms with Gasteiger partial charge in [-0.25, -0.2) is 0 Å². The molecule has 0 aromatic heterocycles. The van der Waals surface area contributed by atoms with Crippen molar-refractivity contribution in [2.75, 3.05) is 0 Å². The summed E-state index contributed by atoms with van der Waals surface area (Å²) in [5.41, 5.74) is 1.96. The van der Waals surface area contributed by atoms with Crippen LogP contribution in [-0.2, 0) is 20.9 Å². The Morgan fingerprint density at radius 3 is 2.25 bits per heavy atom. The summed E-state index contributed by atoms with van der Waals surface area (Å²) in [4.78, 5) is 24.4. The average molecular weight is 379 g/mol. The van der Waals surface area contributed by atoms with E-state index in [0.717, 1.165) is 17.4 Å². The third-order valence-corrected chi connectivity index (χ3v) is 5.96. The Hall–Kier alpha value is -2.42. The molecule has 0 N–H and O–H groups in total. The van der Waals surface area contributed by atoms with Gasteiger partial charge in [0.25, 0.3) is 0 Å². The third kappa shape index (κ3) is 5.79. The van der Waals surface area contributed by atoms with E-state index in [1.54, 1.807) is 0 Å². The van der Waals surface area contributed by atoms with E-state index in [2.05, 4.69) is 0 Å². The Kier molecular flexibility index (Phi) is 7.83. The molecule has 0 radical (unpaired) electrons. The largest absolute Gasteiger partial charge is 0.460 e. The fourth-order valence-electron chi connectivity index (χ4n) is 4.40. The lowest BCUT2D eigenvalue weighted by atomic mass is 9.74. The molecule has 1 fully saturated rings. The van der Waals surface area contributed by atoms with E-state index in [9.17, 15) is 9.59 Å². The van der Waals surface area contributed by atoms with Crippen molar-refractivity contribution < 1.29 is 14.3 Å². The van der Waals surface area contributed by atoms with Gasteiger partial charge in [-0.1, -0.05) is 92.8 Å². The molecule has 3 heteroatoms. The number of carbonyl (C=O) groups is 2. The molecule has 0 spiro atoms. The minimum Gasteiger partial charge on any atom is -0.460 e. The van der Waals surface area contributed by atoms with Crippen LogP contribution in [0.15, 0.2) is 60.7 Å². The maximum atomic E-state index is 13.0. The smallest absolute Gasteiger partial charge is 0.313 e. The molecule has 1 aliphatic carbocycles. The Morgan fingerprint density at radius 2 is 1.61 bits per heavy atom. The molecule has 1 saturated carbocycles. The van der Waals surface area contributed by atoms with Gasteiger partial charge in [0.2, 0.25) is 0 Å². The van der Waals surface area contributed by atoms with E-state index >= 15 is 0 Å². The highest BCUT2D eigenvalue weighted by atomic mass is 16.5. The zero-order valence-corrected chi connectivity index (χ0v) is 16.5. The van der Waals surface area contributed by atoms with Crippen LogP contribution in [0.25, 0.3) is 0 Å². The van der Waals surface area contributed by atoms with Crippen molar-refractivity contribution in [2.24, 2.45) is 11.8 Å². The zero-order chi connectivity index (χ0) is 19.6. The summed E-state index contributed by atoms with van der Waals surface area (Å²) in [7, 11) is 0. The van der Waals surface area contributed by atoms with Crippen LogP contribution < -0.4 is 0 Å². The number of aldehydes is 1. The van der Waals surface area contributed by atoms with Crippen molar-refractivity contribution in [1.82, 2.24) is 0 Å². The van der Waals surface area contributed by atoms with Crippen LogP contribution in [0.1, 0.15) is 62.0 Å². The first kappa shape index (κ1) is 20.3. The molecule has 0 aliphatic heterocycles. The molecule has 2 atom stereocenters. The molecule has 28 heavy (non-hydrogen) atoms. The third-order valence-electron chi connectivity index (χ3n) is 5.96. The topological polar surface area (TPSA) is 43.4 Å². The molecule has 1 aliphatic rings. The van der Waals surface area contributed by atoms with Crippen molar-refractivity contribution in [3.8, 4) is 0 Å². The van der Waals surface area contributed by atoms with Gasteiger partial charge in [0, 0.05) is 6.42 Å². The molecule has 0 saturated heterocycles. The Balaban J connectivity index is 1.73. The number of hydrogen-bond donors (Lipinski definition) is 0. The van der Waals surface area contributed by atoms with Gasteiger partial charge in [0.1, 0.15) is 12.9 Å². The van der Waals surface area contributed by atoms with Crippen molar-refractivity contribution >= 4 is 12.3 Å². The molecule has 0 bridgehead atoms. The molecule has 148 valence electrons. The molecular formula is C25H30O3. The van der Waals surface area contributed by atoms with Gasteiger partial charge < -0.3 is 9.53 Å². The number of hydrogen-bond acceptors (Lipinski definition) is 3. The van der Waals surface area contributed by atoms with E-state index in [1.165, 1.54) is 32.1 Å². The van der Waals surface area contributed by atoms with Gasteiger partial charge in [-0.2, -0.15) is 0 Å². The summed E-state index contributed by atoms with van der Waals surface area (Å²) in [6.07, 6.45) is 8.31. The van der Waals surface area contributed by atoms with E-state index in [0.29, 0.717) is 18.8 Å². The van der Waals surface area contributed by atoms with Crippen molar-refractivity contribution in [1.29, 1.82) is 0 Å². The predicted octanol–water partition coefficient (Wildman–Crippen LogP) is 5.69. The molecule has 2 aromatic rings. The Bertz CT molecular complexity index is 720. The summed E-state index contributed by atoms with van der Waals surface area (Å²) in [5.74, 6) is 0.262. The van der Waals surface area contributed by atoms with E-state index in [-0.39, 0.29) is 24.4 Å². The van der Waals surface area contributed by atoms with Crippen LogP contribution in [-0.4, -0.2) is 12.3 Å². The van der Waals surface area contributed by atoms with Gasteiger partial charge in [-0.3, -0.25) is 4.79 Å². The number of rotatable bonds is 9. The Morgan fingerprint density at radius 1 is 0.964 bits per heavy atom. The summed E-state index contributed by atoms with van der Waals surface area (Å²) in [6.45, 7) is 0.283. The first-order chi connectivity index (χ1) is 13.8. The number of esters is 1. The lowest BCUT2D eigenvalue weighted by molar-refractivity contribution is -0.147. The molecule has 3 rings (SSSR count). The lowest BCUT2D eigenvalue weighted by Gasteiger charge is -2.31. The van der Waals surface area contributed by atoms with Gasteiger partial charge in [0.05, 0.1) is 5.92 Å². The summed E-state index contributed by atoms with van der Waals surface area (Å²) in [5, 5.41) is 0. The van der Waals surface area contributed by atoms with Crippen LogP contribution in [0.2, 0.25) is 0 Å². The van der Waals surface area contributed by atoms with Crippen LogP contribution in [0.3, 0.4) is 0 Å². The first-order valence-corrected chi connectivity index (χ1v) is 10.5. The quantitative estimate of drug-likeness (QED) is 0.416. The monoisotopic (exact) mass is 378 g/mol. The van der Waals surface area contributed by atoms with E-state index in [4.69, 9.17) is 4.74 Å². The molecule has 3 nitrogen and oxygen atoms in total. The minimum absolute atomic E-state index is 0.193. The number of carbonyl (C=O) groups excluding carboxylic acids is 2. The highest BCUT2D eigenvalue weighted by molar-refractivity contribution is 5.78. The minimum atomic E-state index is -0.322. The predicted molar refractivity (Wildman–Crippen MR) is 111 cm³/mol. The van der Waals surface area contributed by atoms with Gasteiger partial charge in [-0.15, -0.1) is 0 Å². The van der Waals surface area contributed by atoms with Crippen LogP contribution in [0, 0.1) is 11.8 Å². The van der Waals surface area contributed by atoms with Crippen molar-refractivity contribution in [2.45, 2.75) is 57.5 Å². The molecule has 0 heterocycles. The Labute approximate surface area is 168 Å². The molecule has 2 aromatic carbocycles. The van der Waals surface area contributed by atoms with E-state index in [1.807, 2.05) is 60.7 Å². The fourth-order valence-corrected chi connectivity index (χ4v) is 4.40. The van der Waals surface area contributed by atoms with Gasteiger partial charge in [-0.05, 0) is 29.4 Å². The SMILES string of the molecule is O=CCC(CC(C(=O)OCc1ccccc1)c1ccccc1)C1CCCCC1. The average Bonchev–Trinajstić information content (AvgIpc) is 2.77. The lowest BCUT2D eigenvalue weighted by Crippen LogP contribution is -2.25. The second-order valence-corrected chi connectivity index (χ2v) is 7.85.